The van der Waals surface area contributed by atoms with Gasteiger partial charge in [-0.2, -0.15) is 0 Å². The van der Waals surface area contributed by atoms with Crippen molar-refractivity contribution in [1.29, 1.82) is 0 Å². The molecule has 1 aliphatic heterocycles. The number of ether oxygens (including phenoxy) is 2. The smallest absolute Gasteiger partial charge is 0.342 e. The maximum atomic E-state index is 12.9. The second kappa shape index (κ2) is 8.13. The molecule has 0 N–H and O–H groups in total. The van der Waals surface area contributed by atoms with Crippen LogP contribution in [0.15, 0.2) is 29.3 Å². The van der Waals surface area contributed by atoms with Gasteiger partial charge in [-0.25, -0.2) is 19.3 Å². The van der Waals surface area contributed by atoms with Crippen LogP contribution in [-0.4, -0.2) is 32.4 Å². The number of imidazole rings is 1. The SMILES string of the molecule is CCn1cc(COOCCn2c([N+](=O)[O-])cnc2C)c(=O)c2cc3c(cc21)OCO3. The lowest BCUT2D eigenvalue weighted by Crippen LogP contribution is -2.16. The van der Waals surface area contributed by atoms with E-state index >= 15 is 0 Å². The van der Waals surface area contributed by atoms with E-state index in [1.165, 1.54) is 10.8 Å². The second-order valence-corrected chi connectivity index (χ2v) is 6.65. The first kappa shape index (κ1) is 19.9. The van der Waals surface area contributed by atoms with Crippen LogP contribution in [0, 0.1) is 17.0 Å². The zero-order valence-corrected chi connectivity index (χ0v) is 16.5. The van der Waals surface area contributed by atoms with Crippen molar-refractivity contribution >= 4 is 16.7 Å². The molecule has 1 aliphatic rings. The van der Waals surface area contributed by atoms with Gasteiger partial charge in [-0.05, 0) is 17.9 Å². The molecule has 11 nitrogen and oxygen atoms in total. The van der Waals surface area contributed by atoms with Gasteiger partial charge >= 0.3 is 5.82 Å². The largest absolute Gasteiger partial charge is 0.454 e. The minimum absolute atomic E-state index is 0.0613. The quantitative estimate of drug-likeness (QED) is 0.237. The summed E-state index contributed by atoms with van der Waals surface area (Å²) in [5, 5.41) is 11.5. The standard InChI is InChI=1S/C19H20N4O7/c1-3-21-9-13(19(24)14-6-16-17(7-15(14)21)28-11-27-16)10-30-29-5-4-22-12(2)20-8-18(22)23(25)26/h6-9H,3-5,10-11H2,1-2H3. The van der Waals surface area contributed by atoms with Crippen LogP contribution in [0.5, 0.6) is 11.5 Å². The minimum Gasteiger partial charge on any atom is -0.454 e. The third kappa shape index (κ3) is 3.60. The van der Waals surface area contributed by atoms with Gasteiger partial charge in [0.2, 0.25) is 6.79 Å². The lowest BCUT2D eigenvalue weighted by atomic mass is 10.1. The molecule has 0 atom stereocenters. The summed E-state index contributed by atoms with van der Waals surface area (Å²) < 4.78 is 14.1. The van der Waals surface area contributed by atoms with Crippen molar-refractivity contribution in [1.82, 2.24) is 14.1 Å². The van der Waals surface area contributed by atoms with Crippen LogP contribution in [0.2, 0.25) is 0 Å². The Morgan fingerprint density at radius 2 is 2.03 bits per heavy atom. The highest BCUT2D eigenvalue weighted by Gasteiger charge is 2.19. The molecule has 0 fully saturated rings. The van der Waals surface area contributed by atoms with Crippen molar-refractivity contribution in [2.75, 3.05) is 13.4 Å². The summed E-state index contributed by atoms with van der Waals surface area (Å²) in [6.45, 7) is 4.61. The molecule has 0 spiro atoms. The first-order chi connectivity index (χ1) is 14.5. The van der Waals surface area contributed by atoms with Gasteiger partial charge in [0.1, 0.15) is 26.0 Å². The van der Waals surface area contributed by atoms with Crippen LogP contribution < -0.4 is 14.9 Å². The maximum absolute atomic E-state index is 12.9. The summed E-state index contributed by atoms with van der Waals surface area (Å²) in [6.07, 6.45) is 2.92. The van der Waals surface area contributed by atoms with Gasteiger partial charge < -0.3 is 24.2 Å². The number of nitrogens with zero attached hydrogens (tertiary/aromatic N) is 4. The fourth-order valence-electron chi connectivity index (χ4n) is 3.38. The number of rotatable bonds is 8. The van der Waals surface area contributed by atoms with Crippen LogP contribution in [-0.2, 0) is 29.5 Å². The zero-order valence-electron chi connectivity index (χ0n) is 16.5. The van der Waals surface area contributed by atoms with E-state index in [9.17, 15) is 14.9 Å². The van der Waals surface area contributed by atoms with Gasteiger partial charge in [0.05, 0.1) is 5.52 Å². The summed E-state index contributed by atoms with van der Waals surface area (Å²) in [4.78, 5) is 37.7. The molecule has 0 aliphatic carbocycles. The highest BCUT2D eigenvalue weighted by Crippen LogP contribution is 2.35. The Hall–Kier alpha value is -3.44. The topological polar surface area (TPSA) is 120 Å². The molecule has 3 aromatic rings. The molecule has 0 saturated heterocycles. The Kier molecular flexibility index (Phi) is 5.38. The Morgan fingerprint density at radius 1 is 1.27 bits per heavy atom. The fraction of sp³-hybridized carbons (Fsp3) is 0.368. The van der Waals surface area contributed by atoms with Gasteiger partial charge in [0.15, 0.2) is 22.8 Å². The summed E-state index contributed by atoms with van der Waals surface area (Å²) >= 11 is 0. The van der Waals surface area contributed by atoms with Crippen LogP contribution in [0.3, 0.4) is 0 Å². The molecule has 11 heteroatoms. The van der Waals surface area contributed by atoms with E-state index in [1.807, 2.05) is 11.5 Å². The third-order valence-corrected chi connectivity index (χ3v) is 4.91. The molecule has 0 bridgehead atoms. The highest BCUT2D eigenvalue weighted by molar-refractivity contribution is 5.83. The van der Waals surface area contributed by atoms with Gasteiger partial charge in [0, 0.05) is 36.7 Å². The number of pyridine rings is 1. The molecule has 158 valence electrons. The fourth-order valence-corrected chi connectivity index (χ4v) is 3.38. The van der Waals surface area contributed by atoms with Crippen LogP contribution in [0.25, 0.3) is 10.9 Å². The molecule has 30 heavy (non-hydrogen) atoms. The van der Waals surface area contributed by atoms with Crippen LogP contribution >= 0.6 is 0 Å². The van der Waals surface area contributed by atoms with Crippen molar-refractivity contribution in [2.24, 2.45) is 0 Å². The summed E-state index contributed by atoms with van der Waals surface area (Å²) in [5.74, 6) is 1.54. The van der Waals surface area contributed by atoms with Gasteiger partial charge in [-0.1, -0.05) is 0 Å². The van der Waals surface area contributed by atoms with Gasteiger partial charge in [-0.3, -0.25) is 4.79 Å². The van der Waals surface area contributed by atoms with Gasteiger partial charge in [0.25, 0.3) is 0 Å². The third-order valence-electron chi connectivity index (χ3n) is 4.91. The van der Waals surface area contributed by atoms with E-state index in [4.69, 9.17) is 19.2 Å². The second-order valence-electron chi connectivity index (χ2n) is 6.65. The molecular weight excluding hydrogens is 396 g/mol. The Balaban J connectivity index is 1.45. The molecule has 0 saturated carbocycles. The average molecular weight is 416 g/mol. The summed E-state index contributed by atoms with van der Waals surface area (Å²) in [5.41, 5.74) is 0.991. The number of hydrogen-bond acceptors (Lipinski definition) is 8. The van der Waals surface area contributed by atoms with Crippen LogP contribution in [0.4, 0.5) is 5.82 Å². The predicted molar refractivity (Wildman–Crippen MR) is 104 cm³/mol. The normalized spacial score (nSPS) is 12.6. The maximum Gasteiger partial charge on any atom is 0.342 e. The van der Waals surface area contributed by atoms with E-state index in [-0.39, 0.29) is 37.8 Å². The average Bonchev–Trinajstić information content (AvgIpc) is 3.34. The van der Waals surface area contributed by atoms with E-state index in [0.717, 1.165) is 5.52 Å². The van der Waals surface area contributed by atoms with Crippen LogP contribution in [0.1, 0.15) is 18.3 Å². The number of benzene rings is 1. The number of aromatic nitrogens is 3. The molecule has 0 amide bonds. The van der Waals surface area contributed by atoms with E-state index in [2.05, 4.69) is 4.98 Å². The van der Waals surface area contributed by atoms with Crippen molar-refractivity contribution in [3.05, 3.63) is 56.3 Å². The Morgan fingerprint density at radius 3 is 2.77 bits per heavy atom. The molecular formula is C19H20N4O7. The Labute approximate surface area is 170 Å². The van der Waals surface area contributed by atoms with Crippen molar-refractivity contribution in [3.63, 3.8) is 0 Å². The van der Waals surface area contributed by atoms with Crippen molar-refractivity contribution in [3.8, 4) is 11.5 Å². The molecule has 4 rings (SSSR count). The molecule has 3 heterocycles. The molecule has 1 aromatic carbocycles. The highest BCUT2D eigenvalue weighted by atomic mass is 17.2. The number of aryl methyl sites for hydroxylation is 2. The molecule has 0 unspecified atom stereocenters. The zero-order chi connectivity index (χ0) is 21.3. The summed E-state index contributed by atoms with van der Waals surface area (Å²) in [6, 6.07) is 3.47. The molecule has 0 radical (unpaired) electrons. The Bertz CT molecular complexity index is 1170. The lowest BCUT2D eigenvalue weighted by molar-refractivity contribution is -0.392. The number of hydrogen-bond donors (Lipinski definition) is 0. The van der Waals surface area contributed by atoms with E-state index in [1.54, 1.807) is 25.3 Å². The number of nitro groups is 1. The van der Waals surface area contributed by atoms with Crippen molar-refractivity contribution < 1.29 is 24.2 Å². The molecule has 2 aromatic heterocycles. The minimum atomic E-state index is -0.505. The lowest BCUT2D eigenvalue weighted by Gasteiger charge is -2.12. The van der Waals surface area contributed by atoms with Crippen molar-refractivity contribution in [2.45, 2.75) is 33.5 Å². The first-order valence-corrected chi connectivity index (χ1v) is 9.36. The van der Waals surface area contributed by atoms with Gasteiger partial charge in [-0.15, -0.1) is 0 Å². The van der Waals surface area contributed by atoms with E-state index in [0.29, 0.717) is 34.8 Å². The predicted octanol–water partition coefficient (Wildman–Crippen LogP) is 2.31. The number of fused-ring (bicyclic) bond motifs is 2. The summed E-state index contributed by atoms with van der Waals surface area (Å²) in [7, 11) is 0. The monoisotopic (exact) mass is 416 g/mol. The van der Waals surface area contributed by atoms with E-state index < -0.39 is 4.92 Å². The first-order valence-electron chi connectivity index (χ1n) is 9.36.